The van der Waals surface area contributed by atoms with Crippen LogP contribution in [0, 0.1) is 5.92 Å². The number of rotatable bonds is 8. The molecule has 7 heteroatoms. The summed E-state index contributed by atoms with van der Waals surface area (Å²) in [7, 11) is 1.92. The second-order valence-corrected chi connectivity index (χ2v) is 7.24. The summed E-state index contributed by atoms with van der Waals surface area (Å²) in [4.78, 5) is 2.12. The van der Waals surface area contributed by atoms with E-state index in [2.05, 4.69) is 28.8 Å². The Morgan fingerprint density at radius 1 is 1.30 bits per heavy atom. The first-order valence-electron chi connectivity index (χ1n) is 6.66. The molecule has 0 aliphatic heterocycles. The summed E-state index contributed by atoms with van der Waals surface area (Å²) >= 11 is 0. The summed E-state index contributed by atoms with van der Waals surface area (Å²) in [6, 6.07) is 3.48. The molecule has 6 nitrogen and oxygen atoms in total. The highest BCUT2D eigenvalue weighted by Gasteiger charge is 2.18. The normalized spacial score (nSPS) is 14.2. The molecule has 0 saturated heterocycles. The van der Waals surface area contributed by atoms with E-state index >= 15 is 0 Å². The van der Waals surface area contributed by atoms with Crippen LogP contribution in [0.1, 0.15) is 19.6 Å². The zero-order valence-corrected chi connectivity index (χ0v) is 13.6. The summed E-state index contributed by atoms with van der Waals surface area (Å²) < 4.78 is 30.7. The summed E-state index contributed by atoms with van der Waals surface area (Å²) in [6.07, 6.45) is 0. The molecule has 0 aromatic carbocycles. The van der Waals surface area contributed by atoms with Crippen LogP contribution < -0.4 is 10.0 Å². The Labute approximate surface area is 121 Å². The quantitative estimate of drug-likeness (QED) is 0.745. The molecule has 0 bridgehead atoms. The van der Waals surface area contributed by atoms with Gasteiger partial charge in [0.05, 0.1) is 6.54 Å². The molecule has 1 heterocycles. The van der Waals surface area contributed by atoms with Crippen LogP contribution in [-0.4, -0.2) is 47.0 Å². The molecule has 116 valence electrons. The average Bonchev–Trinajstić information content (AvgIpc) is 2.83. The lowest BCUT2D eigenvalue weighted by Crippen LogP contribution is -2.41. The van der Waals surface area contributed by atoms with Crippen molar-refractivity contribution in [2.45, 2.75) is 31.5 Å². The lowest BCUT2D eigenvalue weighted by molar-refractivity contribution is 0.279. The molecule has 0 fully saturated rings. The van der Waals surface area contributed by atoms with E-state index in [1.54, 1.807) is 6.07 Å². The predicted octanol–water partition coefficient (Wildman–Crippen LogP) is 0.864. The molecular weight excluding hydrogens is 278 g/mol. The Hall–Kier alpha value is -0.890. The summed E-state index contributed by atoms with van der Waals surface area (Å²) in [6.45, 7) is 5.73. The number of hydrogen-bond acceptors (Lipinski definition) is 5. The SMILES string of the molecule is CNS(=O)(=O)c1ccc(CNC(CN(C)C)C(C)C)o1. The second-order valence-electron chi connectivity index (χ2n) is 5.42. The Balaban J connectivity index is 2.65. The topological polar surface area (TPSA) is 74.6 Å². The molecule has 1 aromatic heterocycles. The monoisotopic (exact) mass is 303 g/mol. The molecular formula is C13H25N3O3S. The van der Waals surface area contributed by atoms with Crippen molar-refractivity contribution in [3.8, 4) is 0 Å². The minimum Gasteiger partial charge on any atom is -0.447 e. The van der Waals surface area contributed by atoms with Gasteiger partial charge < -0.3 is 14.6 Å². The van der Waals surface area contributed by atoms with Crippen molar-refractivity contribution in [2.75, 3.05) is 27.7 Å². The van der Waals surface area contributed by atoms with E-state index in [1.807, 2.05) is 14.1 Å². The lowest BCUT2D eigenvalue weighted by Gasteiger charge is -2.25. The fourth-order valence-corrected chi connectivity index (χ4v) is 2.50. The summed E-state index contributed by atoms with van der Waals surface area (Å²) in [5.74, 6) is 1.09. The maximum absolute atomic E-state index is 11.6. The molecule has 0 saturated carbocycles. The first-order valence-corrected chi connectivity index (χ1v) is 8.15. The molecule has 0 aliphatic rings. The van der Waals surface area contributed by atoms with Gasteiger partial charge in [-0.2, -0.15) is 0 Å². The van der Waals surface area contributed by atoms with E-state index in [1.165, 1.54) is 13.1 Å². The van der Waals surface area contributed by atoms with E-state index in [9.17, 15) is 8.42 Å². The van der Waals surface area contributed by atoms with Gasteiger partial charge in [-0.05, 0) is 39.2 Å². The van der Waals surface area contributed by atoms with Crippen molar-refractivity contribution >= 4 is 10.0 Å². The van der Waals surface area contributed by atoms with Crippen LogP contribution in [-0.2, 0) is 16.6 Å². The summed E-state index contributed by atoms with van der Waals surface area (Å²) in [5.41, 5.74) is 0. The molecule has 0 spiro atoms. The first kappa shape index (κ1) is 17.2. The van der Waals surface area contributed by atoms with E-state index in [-0.39, 0.29) is 5.09 Å². The average molecular weight is 303 g/mol. The standard InChI is InChI=1S/C13H25N3O3S/c1-10(2)12(9-16(4)5)15-8-11-6-7-13(19-11)20(17,18)14-3/h6-7,10,12,14-15H,8-9H2,1-5H3. The Bertz CT molecular complexity index is 509. The Kier molecular flexibility index (Phi) is 6.19. The van der Waals surface area contributed by atoms with Gasteiger partial charge in [-0.1, -0.05) is 13.8 Å². The van der Waals surface area contributed by atoms with E-state index in [0.717, 1.165) is 6.54 Å². The minimum atomic E-state index is -3.50. The van der Waals surface area contributed by atoms with Crippen molar-refractivity contribution in [1.82, 2.24) is 14.9 Å². The maximum Gasteiger partial charge on any atom is 0.273 e. The van der Waals surface area contributed by atoms with Gasteiger partial charge in [0.25, 0.3) is 10.0 Å². The predicted molar refractivity (Wildman–Crippen MR) is 79.0 cm³/mol. The van der Waals surface area contributed by atoms with Crippen molar-refractivity contribution in [3.63, 3.8) is 0 Å². The van der Waals surface area contributed by atoms with Crippen molar-refractivity contribution in [3.05, 3.63) is 17.9 Å². The third-order valence-corrected chi connectivity index (χ3v) is 4.36. The third-order valence-electron chi connectivity index (χ3n) is 3.08. The molecule has 0 aliphatic carbocycles. The van der Waals surface area contributed by atoms with Gasteiger partial charge in [-0.3, -0.25) is 0 Å². The number of nitrogens with one attached hydrogen (secondary N) is 2. The molecule has 2 N–H and O–H groups in total. The molecule has 1 atom stereocenters. The van der Waals surface area contributed by atoms with Crippen molar-refractivity contribution < 1.29 is 12.8 Å². The molecule has 1 unspecified atom stereocenters. The first-order chi connectivity index (χ1) is 9.26. The Morgan fingerprint density at radius 3 is 2.45 bits per heavy atom. The lowest BCUT2D eigenvalue weighted by atomic mass is 10.0. The zero-order valence-electron chi connectivity index (χ0n) is 12.8. The van der Waals surface area contributed by atoms with Crippen LogP contribution in [0.4, 0.5) is 0 Å². The largest absolute Gasteiger partial charge is 0.447 e. The van der Waals surface area contributed by atoms with E-state index in [4.69, 9.17) is 4.42 Å². The molecule has 20 heavy (non-hydrogen) atoms. The van der Waals surface area contributed by atoms with Gasteiger partial charge in [0, 0.05) is 12.6 Å². The van der Waals surface area contributed by atoms with Gasteiger partial charge >= 0.3 is 0 Å². The minimum absolute atomic E-state index is 0.0505. The van der Waals surface area contributed by atoms with Gasteiger partial charge in [0.15, 0.2) is 0 Å². The third kappa shape index (κ3) is 4.90. The van der Waals surface area contributed by atoms with Crippen LogP contribution in [0.25, 0.3) is 0 Å². The van der Waals surface area contributed by atoms with Crippen molar-refractivity contribution in [1.29, 1.82) is 0 Å². The van der Waals surface area contributed by atoms with Crippen molar-refractivity contribution in [2.24, 2.45) is 5.92 Å². The number of furan rings is 1. The molecule has 1 aromatic rings. The van der Waals surface area contributed by atoms with Gasteiger partial charge in [-0.25, -0.2) is 13.1 Å². The number of likely N-dealkylation sites (N-methyl/N-ethyl adjacent to an activating group) is 1. The van der Waals surface area contributed by atoms with E-state index < -0.39 is 10.0 Å². The molecule has 0 radical (unpaired) electrons. The maximum atomic E-state index is 11.6. The molecule has 1 rings (SSSR count). The highest BCUT2D eigenvalue weighted by Crippen LogP contribution is 2.14. The van der Waals surface area contributed by atoms with E-state index in [0.29, 0.717) is 24.3 Å². The fraction of sp³-hybridized carbons (Fsp3) is 0.692. The zero-order chi connectivity index (χ0) is 15.3. The van der Waals surface area contributed by atoms with Crippen LogP contribution in [0.5, 0.6) is 0 Å². The molecule has 0 amide bonds. The Morgan fingerprint density at radius 2 is 1.95 bits per heavy atom. The number of nitrogens with zero attached hydrogens (tertiary/aromatic N) is 1. The second kappa shape index (κ2) is 7.21. The van der Waals surface area contributed by atoms with Gasteiger partial charge in [-0.15, -0.1) is 0 Å². The summed E-state index contributed by atoms with van der Waals surface area (Å²) in [5, 5.41) is 3.35. The van der Waals surface area contributed by atoms with Crippen LogP contribution in [0.2, 0.25) is 0 Å². The van der Waals surface area contributed by atoms with Crippen LogP contribution >= 0.6 is 0 Å². The smallest absolute Gasteiger partial charge is 0.273 e. The number of hydrogen-bond donors (Lipinski definition) is 2. The van der Waals surface area contributed by atoms with Gasteiger partial charge in [0.2, 0.25) is 5.09 Å². The number of sulfonamides is 1. The highest BCUT2D eigenvalue weighted by molar-refractivity contribution is 7.89. The fourth-order valence-electron chi connectivity index (χ4n) is 1.83. The highest BCUT2D eigenvalue weighted by atomic mass is 32.2. The van der Waals surface area contributed by atoms with Gasteiger partial charge in [0.1, 0.15) is 5.76 Å². The van der Waals surface area contributed by atoms with Crippen LogP contribution in [0.3, 0.4) is 0 Å². The van der Waals surface area contributed by atoms with Crippen LogP contribution in [0.15, 0.2) is 21.6 Å².